The van der Waals surface area contributed by atoms with Gasteiger partial charge < -0.3 is 10.6 Å². The zero-order chi connectivity index (χ0) is 13.7. The molecule has 100 valence electrons. The van der Waals surface area contributed by atoms with E-state index in [1.54, 1.807) is 7.05 Å². The normalized spacial score (nSPS) is 12.6. The minimum absolute atomic E-state index is 0.00534. The predicted molar refractivity (Wildman–Crippen MR) is 66.0 cm³/mol. The first-order valence-electron chi connectivity index (χ1n) is 5.84. The van der Waals surface area contributed by atoms with Crippen LogP contribution in [0.4, 0.5) is 8.78 Å². The Kier molecular flexibility index (Phi) is 5.22. The Morgan fingerprint density at radius 1 is 1.33 bits per heavy atom. The molecule has 1 atom stereocenters. The number of rotatable bonds is 5. The molecule has 0 aliphatic heterocycles. The molecular weight excluding hydrogens is 238 g/mol. The molecule has 0 aliphatic carbocycles. The van der Waals surface area contributed by atoms with Crippen LogP contribution in [0.5, 0.6) is 0 Å². The number of benzene rings is 1. The third kappa shape index (κ3) is 3.77. The maximum atomic E-state index is 13.7. The van der Waals surface area contributed by atoms with E-state index in [0.717, 1.165) is 6.07 Å². The lowest BCUT2D eigenvalue weighted by Crippen LogP contribution is -2.37. The summed E-state index contributed by atoms with van der Waals surface area (Å²) >= 11 is 0. The van der Waals surface area contributed by atoms with E-state index >= 15 is 0 Å². The number of halogens is 2. The van der Waals surface area contributed by atoms with Crippen molar-refractivity contribution >= 4 is 5.91 Å². The molecule has 0 aromatic heterocycles. The molecule has 1 rings (SSSR count). The van der Waals surface area contributed by atoms with E-state index in [1.807, 2.05) is 13.8 Å². The van der Waals surface area contributed by atoms with Crippen molar-refractivity contribution in [1.82, 2.24) is 10.6 Å². The second-order valence-electron chi connectivity index (χ2n) is 4.49. The van der Waals surface area contributed by atoms with Crippen molar-refractivity contribution < 1.29 is 13.6 Å². The molecule has 0 fully saturated rings. The van der Waals surface area contributed by atoms with Crippen molar-refractivity contribution in [2.24, 2.45) is 5.92 Å². The van der Waals surface area contributed by atoms with Gasteiger partial charge in [0.15, 0.2) is 0 Å². The molecule has 0 heterocycles. The first-order valence-corrected chi connectivity index (χ1v) is 5.84. The number of carbonyl (C=O) groups excluding carboxylic acids is 1. The average Bonchev–Trinajstić information content (AvgIpc) is 2.27. The maximum Gasteiger partial charge on any atom is 0.234 e. The summed E-state index contributed by atoms with van der Waals surface area (Å²) in [4.78, 5) is 11.5. The number of hydrogen-bond acceptors (Lipinski definition) is 2. The molecule has 1 unspecified atom stereocenters. The molecular formula is C13H18F2N2O. The van der Waals surface area contributed by atoms with E-state index in [0.29, 0.717) is 5.56 Å². The van der Waals surface area contributed by atoms with Crippen LogP contribution in [0.1, 0.15) is 25.5 Å². The summed E-state index contributed by atoms with van der Waals surface area (Å²) in [6.45, 7) is 3.90. The molecule has 0 saturated carbocycles. The minimum atomic E-state index is -0.640. The molecule has 3 nitrogen and oxygen atoms in total. The summed E-state index contributed by atoms with van der Waals surface area (Å²) in [7, 11) is 1.66. The first kappa shape index (κ1) is 14.6. The van der Waals surface area contributed by atoms with Crippen LogP contribution < -0.4 is 10.6 Å². The van der Waals surface area contributed by atoms with Gasteiger partial charge in [-0.25, -0.2) is 8.78 Å². The van der Waals surface area contributed by atoms with Gasteiger partial charge in [-0.15, -0.1) is 0 Å². The van der Waals surface area contributed by atoms with Gasteiger partial charge in [0.1, 0.15) is 11.6 Å². The van der Waals surface area contributed by atoms with Crippen LogP contribution in [-0.4, -0.2) is 19.5 Å². The lowest BCUT2D eigenvalue weighted by molar-refractivity contribution is -0.121. The highest BCUT2D eigenvalue weighted by atomic mass is 19.1. The maximum absolute atomic E-state index is 13.7. The molecule has 2 N–H and O–H groups in total. The van der Waals surface area contributed by atoms with Gasteiger partial charge in [0.25, 0.3) is 0 Å². The summed E-state index contributed by atoms with van der Waals surface area (Å²) in [6, 6.07) is 2.92. The summed E-state index contributed by atoms with van der Waals surface area (Å²) in [5, 5.41) is 5.45. The highest BCUT2D eigenvalue weighted by Crippen LogP contribution is 2.24. The van der Waals surface area contributed by atoms with E-state index in [-0.39, 0.29) is 18.4 Å². The highest BCUT2D eigenvalue weighted by molar-refractivity contribution is 5.78. The van der Waals surface area contributed by atoms with Gasteiger partial charge in [-0.3, -0.25) is 4.79 Å². The van der Waals surface area contributed by atoms with E-state index in [2.05, 4.69) is 10.6 Å². The van der Waals surface area contributed by atoms with Crippen LogP contribution in [0, 0.1) is 17.6 Å². The van der Waals surface area contributed by atoms with E-state index in [1.165, 1.54) is 12.1 Å². The van der Waals surface area contributed by atoms with E-state index in [9.17, 15) is 13.6 Å². The van der Waals surface area contributed by atoms with Crippen molar-refractivity contribution in [3.05, 3.63) is 35.4 Å². The molecule has 0 radical (unpaired) electrons. The fourth-order valence-corrected chi connectivity index (χ4v) is 1.74. The fraction of sp³-hybridized carbons (Fsp3) is 0.462. The van der Waals surface area contributed by atoms with Crippen molar-refractivity contribution in [3.63, 3.8) is 0 Å². The summed E-state index contributed by atoms with van der Waals surface area (Å²) in [5.41, 5.74) is 0.302. The molecule has 5 heteroatoms. The standard InChI is InChI=1S/C13H18F2N2O/c1-8(2)13(17-12(18)7-16-3)10-5-4-9(14)6-11(10)15/h4-6,8,13,16H,7H2,1-3H3,(H,17,18). The van der Waals surface area contributed by atoms with Crippen molar-refractivity contribution in [2.45, 2.75) is 19.9 Å². The lowest BCUT2D eigenvalue weighted by atomic mass is 9.95. The van der Waals surface area contributed by atoms with Crippen molar-refractivity contribution in [1.29, 1.82) is 0 Å². The van der Waals surface area contributed by atoms with Gasteiger partial charge in [0, 0.05) is 11.6 Å². The van der Waals surface area contributed by atoms with Crippen LogP contribution >= 0.6 is 0 Å². The van der Waals surface area contributed by atoms with E-state index < -0.39 is 17.7 Å². The number of likely N-dealkylation sites (N-methyl/N-ethyl adjacent to an activating group) is 1. The Morgan fingerprint density at radius 2 is 2.00 bits per heavy atom. The number of amides is 1. The molecule has 0 saturated heterocycles. The Balaban J connectivity index is 2.94. The van der Waals surface area contributed by atoms with Gasteiger partial charge in [0.05, 0.1) is 12.6 Å². The van der Waals surface area contributed by atoms with Crippen molar-refractivity contribution in [3.8, 4) is 0 Å². The van der Waals surface area contributed by atoms with Crippen LogP contribution in [-0.2, 0) is 4.79 Å². The second-order valence-corrected chi connectivity index (χ2v) is 4.49. The van der Waals surface area contributed by atoms with Gasteiger partial charge in [0.2, 0.25) is 5.91 Å². The minimum Gasteiger partial charge on any atom is -0.348 e. The number of hydrogen-bond donors (Lipinski definition) is 2. The third-order valence-corrected chi connectivity index (χ3v) is 2.62. The summed E-state index contributed by atoms with van der Waals surface area (Å²) < 4.78 is 26.5. The van der Waals surface area contributed by atoms with E-state index in [4.69, 9.17) is 0 Å². The zero-order valence-electron chi connectivity index (χ0n) is 10.8. The second kappa shape index (κ2) is 6.44. The molecule has 18 heavy (non-hydrogen) atoms. The Bertz CT molecular complexity index is 421. The van der Waals surface area contributed by atoms with Crippen LogP contribution in [0.2, 0.25) is 0 Å². The van der Waals surface area contributed by atoms with Gasteiger partial charge in [-0.2, -0.15) is 0 Å². The topological polar surface area (TPSA) is 41.1 Å². The van der Waals surface area contributed by atoms with Crippen molar-refractivity contribution in [2.75, 3.05) is 13.6 Å². The fourth-order valence-electron chi connectivity index (χ4n) is 1.74. The highest BCUT2D eigenvalue weighted by Gasteiger charge is 2.21. The van der Waals surface area contributed by atoms with Crippen LogP contribution in [0.15, 0.2) is 18.2 Å². The molecule has 0 aliphatic rings. The summed E-state index contributed by atoms with van der Waals surface area (Å²) in [5.74, 6) is -1.48. The third-order valence-electron chi connectivity index (χ3n) is 2.62. The summed E-state index contributed by atoms with van der Waals surface area (Å²) in [6.07, 6.45) is 0. The Hall–Kier alpha value is -1.49. The van der Waals surface area contributed by atoms with Gasteiger partial charge in [-0.05, 0) is 19.0 Å². The average molecular weight is 256 g/mol. The lowest BCUT2D eigenvalue weighted by Gasteiger charge is -2.23. The zero-order valence-corrected chi connectivity index (χ0v) is 10.8. The number of carbonyl (C=O) groups is 1. The molecule has 0 spiro atoms. The predicted octanol–water partition coefficient (Wildman–Crippen LogP) is 2.00. The largest absolute Gasteiger partial charge is 0.348 e. The van der Waals surface area contributed by atoms with Gasteiger partial charge >= 0.3 is 0 Å². The van der Waals surface area contributed by atoms with Crippen LogP contribution in [0.25, 0.3) is 0 Å². The molecule has 1 aromatic carbocycles. The first-order chi connectivity index (χ1) is 8.45. The van der Waals surface area contributed by atoms with Gasteiger partial charge in [-0.1, -0.05) is 19.9 Å². The number of nitrogens with one attached hydrogen (secondary N) is 2. The molecule has 1 amide bonds. The monoisotopic (exact) mass is 256 g/mol. The Morgan fingerprint density at radius 3 is 2.50 bits per heavy atom. The van der Waals surface area contributed by atoms with Crippen LogP contribution in [0.3, 0.4) is 0 Å². The molecule has 1 aromatic rings. The quantitative estimate of drug-likeness (QED) is 0.846. The smallest absolute Gasteiger partial charge is 0.234 e. The molecule has 0 bridgehead atoms. The SMILES string of the molecule is CNCC(=O)NC(c1ccc(F)cc1F)C(C)C. The Labute approximate surface area is 106 Å².